The first-order chi connectivity index (χ1) is 9.51. The molecular weight excluding hydrogens is 300 g/mol. The number of methoxy groups -OCH3 is 1. The highest BCUT2D eigenvalue weighted by molar-refractivity contribution is 7.89. The van der Waals surface area contributed by atoms with Crippen molar-refractivity contribution in [3.63, 3.8) is 0 Å². The largest absolute Gasteiger partial charge is 0.383 e. The zero-order chi connectivity index (χ0) is 15.0. The third-order valence-electron chi connectivity index (χ3n) is 2.68. The Balaban J connectivity index is 2.75. The highest BCUT2D eigenvalue weighted by Gasteiger charge is 2.14. The van der Waals surface area contributed by atoms with E-state index in [1.165, 1.54) is 13.2 Å². The molecule has 1 rings (SSSR count). The van der Waals surface area contributed by atoms with E-state index in [2.05, 4.69) is 17.0 Å². The number of rotatable bonds is 9. The van der Waals surface area contributed by atoms with Crippen LogP contribution in [0.5, 0.6) is 0 Å². The average Bonchev–Trinajstić information content (AvgIpc) is 2.41. The molecule has 0 heterocycles. The maximum atomic E-state index is 12.0. The highest BCUT2D eigenvalue weighted by atomic mass is 35.5. The Hall–Kier alpha value is -0.660. The lowest BCUT2D eigenvalue weighted by Gasteiger charge is -2.10. The van der Waals surface area contributed by atoms with Gasteiger partial charge < -0.3 is 10.1 Å². The maximum absolute atomic E-state index is 12.0. The van der Waals surface area contributed by atoms with Crippen LogP contribution in [-0.4, -0.2) is 35.2 Å². The van der Waals surface area contributed by atoms with Crippen LogP contribution in [0.1, 0.15) is 18.9 Å². The van der Waals surface area contributed by atoms with Crippen molar-refractivity contribution in [2.45, 2.75) is 24.8 Å². The van der Waals surface area contributed by atoms with Crippen LogP contribution in [0.25, 0.3) is 0 Å². The quantitative estimate of drug-likeness (QED) is 0.680. The molecule has 0 saturated carbocycles. The monoisotopic (exact) mass is 320 g/mol. The molecule has 0 aliphatic rings. The molecule has 1 aromatic carbocycles. The normalized spacial score (nSPS) is 11.8. The van der Waals surface area contributed by atoms with Gasteiger partial charge >= 0.3 is 0 Å². The molecule has 0 bridgehead atoms. The van der Waals surface area contributed by atoms with Crippen LogP contribution in [-0.2, 0) is 21.3 Å². The van der Waals surface area contributed by atoms with E-state index in [-0.39, 0.29) is 11.4 Å². The number of benzene rings is 1. The van der Waals surface area contributed by atoms with Gasteiger partial charge in [0.1, 0.15) is 0 Å². The molecule has 114 valence electrons. The summed E-state index contributed by atoms with van der Waals surface area (Å²) in [5.41, 5.74) is 0.885. The fourth-order valence-corrected chi connectivity index (χ4v) is 2.95. The van der Waals surface area contributed by atoms with Crippen molar-refractivity contribution in [2.75, 3.05) is 26.8 Å². The minimum atomic E-state index is -3.53. The first-order valence-electron chi connectivity index (χ1n) is 6.49. The number of ether oxygens (including phenoxy) is 1. The van der Waals surface area contributed by atoms with Gasteiger partial charge in [0, 0.05) is 25.2 Å². The van der Waals surface area contributed by atoms with Crippen LogP contribution >= 0.6 is 11.6 Å². The van der Waals surface area contributed by atoms with Gasteiger partial charge in [-0.25, -0.2) is 13.1 Å². The molecule has 0 radical (unpaired) electrons. The van der Waals surface area contributed by atoms with Crippen molar-refractivity contribution in [3.05, 3.63) is 28.8 Å². The second-order valence-electron chi connectivity index (χ2n) is 4.32. The van der Waals surface area contributed by atoms with Gasteiger partial charge in [-0.2, -0.15) is 0 Å². The summed E-state index contributed by atoms with van der Waals surface area (Å²) < 4.78 is 31.2. The Bertz CT molecular complexity index is 520. The summed E-state index contributed by atoms with van der Waals surface area (Å²) in [5.74, 6) is 0. The minimum Gasteiger partial charge on any atom is -0.383 e. The number of hydrogen-bond donors (Lipinski definition) is 2. The third kappa shape index (κ3) is 5.38. The molecule has 0 aliphatic carbocycles. The highest BCUT2D eigenvalue weighted by Crippen LogP contribution is 2.20. The molecular formula is C13H21ClN2O3S. The second kappa shape index (κ2) is 8.59. The lowest BCUT2D eigenvalue weighted by Crippen LogP contribution is -2.27. The Morgan fingerprint density at radius 1 is 1.30 bits per heavy atom. The molecule has 20 heavy (non-hydrogen) atoms. The standard InChI is InChI=1S/C13H21ClN2O3S/c1-3-6-15-10-11-4-5-12(9-13(11)14)20(17,18)16-7-8-19-2/h4-5,9,15-16H,3,6-8,10H2,1-2H3. The van der Waals surface area contributed by atoms with Crippen LogP contribution < -0.4 is 10.0 Å². The van der Waals surface area contributed by atoms with E-state index in [4.69, 9.17) is 16.3 Å². The smallest absolute Gasteiger partial charge is 0.240 e. The van der Waals surface area contributed by atoms with E-state index in [0.29, 0.717) is 18.2 Å². The van der Waals surface area contributed by atoms with Gasteiger partial charge in [0.15, 0.2) is 0 Å². The third-order valence-corrected chi connectivity index (χ3v) is 4.49. The summed E-state index contributed by atoms with van der Waals surface area (Å²) in [6, 6.07) is 4.76. The van der Waals surface area contributed by atoms with E-state index < -0.39 is 10.0 Å². The van der Waals surface area contributed by atoms with E-state index in [1.54, 1.807) is 12.1 Å². The summed E-state index contributed by atoms with van der Waals surface area (Å²) in [6.45, 7) is 4.16. The van der Waals surface area contributed by atoms with Gasteiger partial charge in [-0.1, -0.05) is 24.6 Å². The Morgan fingerprint density at radius 3 is 2.65 bits per heavy atom. The van der Waals surface area contributed by atoms with Gasteiger partial charge in [-0.15, -0.1) is 0 Å². The summed E-state index contributed by atoms with van der Waals surface area (Å²) in [4.78, 5) is 0.165. The fraction of sp³-hybridized carbons (Fsp3) is 0.538. The molecule has 2 N–H and O–H groups in total. The molecule has 0 aromatic heterocycles. The van der Waals surface area contributed by atoms with E-state index in [0.717, 1.165) is 18.5 Å². The van der Waals surface area contributed by atoms with Crippen LogP contribution in [0, 0.1) is 0 Å². The van der Waals surface area contributed by atoms with Crippen molar-refractivity contribution >= 4 is 21.6 Å². The molecule has 1 aromatic rings. The molecule has 0 unspecified atom stereocenters. The maximum Gasteiger partial charge on any atom is 0.240 e. The summed E-state index contributed by atoms with van der Waals surface area (Å²) in [6.07, 6.45) is 1.04. The van der Waals surface area contributed by atoms with Crippen molar-refractivity contribution in [3.8, 4) is 0 Å². The lowest BCUT2D eigenvalue weighted by molar-refractivity contribution is 0.204. The molecule has 0 saturated heterocycles. The molecule has 7 heteroatoms. The number of nitrogens with one attached hydrogen (secondary N) is 2. The predicted molar refractivity (Wildman–Crippen MR) is 80.5 cm³/mol. The molecule has 0 atom stereocenters. The molecule has 0 amide bonds. The Kier molecular flexibility index (Phi) is 7.47. The van der Waals surface area contributed by atoms with Crippen molar-refractivity contribution in [1.82, 2.24) is 10.0 Å². The second-order valence-corrected chi connectivity index (χ2v) is 6.49. The fourth-order valence-electron chi connectivity index (χ4n) is 1.60. The zero-order valence-electron chi connectivity index (χ0n) is 11.8. The van der Waals surface area contributed by atoms with Crippen LogP contribution in [0.2, 0.25) is 5.02 Å². The van der Waals surface area contributed by atoms with E-state index >= 15 is 0 Å². The number of hydrogen-bond acceptors (Lipinski definition) is 4. The van der Waals surface area contributed by atoms with Gasteiger partial charge in [0.05, 0.1) is 11.5 Å². The van der Waals surface area contributed by atoms with Crippen molar-refractivity contribution in [2.24, 2.45) is 0 Å². The minimum absolute atomic E-state index is 0.165. The van der Waals surface area contributed by atoms with Crippen molar-refractivity contribution < 1.29 is 13.2 Å². The molecule has 0 fully saturated rings. The van der Waals surface area contributed by atoms with E-state index in [9.17, 15) is 8.42 Å². The van der Waals surface area contributed by atoms with E-state index in [1.807, 2.05) is 0 Å². The molecule has 5 nitrogen and oxygen atoms in total. The first kappa shape index (κ1) is 17.4. The lowest BCUT2D eigenvalue weighted by atomic mass is 10.2. The average molecular weight is 321 g/mol. The topological polar surface area (TPSA) is 67.4 Å². The van der Waals surface area contributed by atoms with Gasteiger partial charge in [0.2, 0.25) is 10.0 Å². The SMILES string of the molecule is CCCNCc1ccc(S(=O)(=O)NCCOC)cc1Cl. The molecule has 0 aliphatic heterocycles. The Morgan fingerprint density at radius 2 is 2.05 bits per heavy atom. The zero-order valence-corrected chi connectivity index (χ0v) is 13.4. The van der Waals surface area contributed by atoms with Crippen LogP contribution in [0.4, 0.5) is 0 Å². The van der Waals surface area contributed by atoms with Gasteiger partial charge in [0.25, 0.3) is 0 Å². The van der Waals surface area contributed by atoms with Gasteiger partial charge in [-0.3, -0.25) is 0 Å². The summed E-state index contributed by atoms with van der Waals surface area (Å²) >= 11 is 6.12. The number of sulfonamides is 1. The first-order valence-corrected chi connectivity index (χ1v) is 8.35. The number of halogens is 1. The predicted octanol–water partition coefficient (Wildman–Crippen LogP) is 1.76. The summed E-state index contributed by atoms with van der Waals surface area (Å²) in [7, 11) is -2.01. The van der Waals surface area contributed by atoms with Crippen LogP contribution in [0.15, 0.2) is 23.1 Å². The van der Waals surface area contributed by atoms with Crippen LogP contribution in [0.3, 0.4) is 0 Å². The molecule has 0 spiro atoms. The summed E-state index contributed by atoms with van der Waals surface area (Å²) in [5, 5.41) is 3.67. The van der Waals surface area contributed by atoms with Gasteiger partial charge in [-0.05, 0) is 30.7 Å². The Labute approximate surface area is 125 Å². The van der Waals surface area contributed by atoms with Crippen molar-refractivity contribution in [1.29, 1.82) is 0 Å².